The number of benzene rings is 1. The summed E-state index contributed by atoms with van der Waals surface area (Å²) in [6.45, 7) is 3.25. The number of carbonyl (C=O) groups excluding carboxylic acids is 1. The van der Waals surface area contributed by atoms with Gasteiger partial charge in [0.05, 0.1) is 11.7 Å². The molecular formula is C10H9ClF2O2. The smallest absolute Gasteiger partial charge is 0.341 e. The predicted octanol–water partition coefficient (Wildman–Crippen LogP) is 3.18. The highest BCUT2D eigenvalue weighted by atomic mass is 35.5. The highest BCUT2D eigenvalue weighted by Gasteiger charge is 2.19. The van der Waals surface area contributed by atoms with E-state index in [4.69, 9.17) is 16.3 Å². The van der Waals surface area contributed by atoms with Gasteiger partial charge in [0.25, 0.3) is 0 Å². The molecule has 5 heteroatoms. The zero-order chi connectivity index (χ0) is 11.6. The SMILES string of the molecule is CC(C)OC(=O)c1ccc(F)c(Cl)c1F. The molecule has 0 aliphatic carbocycles. The highest BCUT2D eigenvalue weighted by Crippen LogP contribution is 2.22. The lowest BCUT2D eigenvalue weighted by Gasteiger charge is -2.09. The second-order valence-electron chi connectivity index (χ2n) is 3.18. The van der Waals surface area contributed by atoms with Gasteiger partial charge in [-0.3, -0.25) is 0 Å². The van der Waals surface area contributed by atoms with Gasteiger partial charge in [-0.1, -0.05) is 11.6 Å². The Morgan fingerprint density at radius 2 is 2.00 bits per heavy atom. The molecule has 1 aromatic rings. The summed E-state index contributed by atoms with van der Waals surface area (Å²) in [6, 6.07) is 1.92. The van der Waals surface area contributed by atoms with Gasteiger partial charge in [-0.2, -0.15) is 0 Å². The number of esters is 1. The summed E-state index contributed by atoms with van der Waals surface area (Å²) in [4.78, 5) is 11.3. The Hall–Kier alpha value is -1.16. The molecule has 0 aromatic heterocycles. The number of hydrogen-bond donors (Lipinski definition) is 0. The molecule has 0 saturated heterocycles. The number of halogens is 3. The summed E-state index contributed by atoms with van der Waals surface area (Å²) in [5, 5.41) is -0.701. The minimum absolute atomic E-state index is 0.366. The average Bonchev–Trinajstić information content (AvgIpc) is 2.13. The maximum absolute atomic E-state index is 13.3. The number of rotatable bonds is 2. The van der Waals surface area contributed by atoms with Crippen molar-refractivity contribution in [3.8, 4) is 0 Å². The molecule has 82 valence electrons. The van der Waals surface area contributed by atoms with Crippen LogP contribution in [-0.4, -0.2) is 12.1 Å². The molecule has 0 heterocycles. The Balaban J connectivity index is 3.06. The van der Waals surface area contributed by atoms with Gasteiger partial charge in [0.15, 0.2) is 5.82 Å². The molecule has 0 radical (unpaired) electrons. The molecular weight excluding hydrogens is 226 g/mol. The second-order valence-corrected chi connectivity index (χ2v) is 3.55. The second kappa shape index (κ2) is 4.57. The number of ether oxygens (including phenoxy) is 1. The van der Waals surface area contributed by atoms with Crippen molar-refractivity contribution in [2.24, 2.45) is 0 Å². The summed E-state index contributed by atoms with van der Waals surface area (Å²) < 4.78 is 30.8. The summed E-state index contributed by atoms with van der Waals surface area (Å²) in [6.07, 6.45) is -0.374. The Bertz CT molecular complexity index is 391. The van der Waals surface area contributed by atoms with E-state index >= 15 is 0 Å². The first-order valence-corrected chi connectivity index (χ1v) is 4.65. The van der Waals surface area contributed by atoms with Gasteiger partial charge in [-0.05, 0) is 26.0 Å². The molecule has 1 rings (SSSR count). The first-order chi connectivity index (χ1) is 6.93. The van der Waals surface area contributed by atoms with E-state index in [9.17, 15) is 13.6 Å². The van der Waals surface area contributed by atoms with E-state index in [2.05, 4.69) is 0 Å². The van der Waals surface area contributed by atoms with Crippen LogP contribution in [0.4, 0.5) is 8.78 Å². The van der Waals surface area contributed by atoms with Crippen LogP contribution in [0.1, 0.15) is 24.2 Å². The van der Waals surface area contributed by atoms with Gasteiger partial charge in [0.2, 0.25) is 0 Å². The molecule has 0 fully saturated rings. The molecule has 15 heavy (non-hydrogen) atoms. The van der Waals surface area contributed by atoms with Crippen molar-refractivity contribution in [2.75, 3.05) is 0 Å². The predicted molar refractivity (Wildman–Crippen MR) is 51.9 cm³/mol. The number of hydrogen-bond acceptors (Lipinski definition) is 2. The molecule has 0 amide bonds. The first-order valence-electron chi connectivity index (χ1n) is 4.28. The topological polar surface area (TPSA) is 26.3 Å². The minimum Gasteiger partial charge on any atom is -0.459 e. The van der Waals surface area contributed by atoms with Crippen molar-refractivity contribution in [1.82, 2.24) is 0 Å². The van der Waals surface area contributed by atoms with Gasteiger partial charge < -0.3 is 4.74 Å². The Morgan fingerprint density at radius 1 is 1.40 bits per heavy atom. The minimum atomic E-state index is -1.10. The van der Waals surface area contributed by atoms with Crippen LogP contribution in [0.25, 0.3) is 0 Å². The fourth-order valence-electron chi connectivity index (χ4n) is 0.961. The summed E-state index contributed by atoms with van der Waals surface area (Å²) in [7, 11) is 0. The largest absolute Gasteiger partial charge is 0.459 e. The molecule has 2 nitrogen and oxygen atoms in total. The Kier molecular flexibility index (Phi) is 3.63. The Morgan fingerprint density at radius 3 is 2.53 bits per heavy atom. The zero-order valence-corrected chi connectivity index (χ0v) is 8.94. The van der Waals surface area contributed by atoms with Gasteiger partial charge in [-0.15, -0.1) is 0 Å². The normalized spacial score (nSPS) is 10.5. The van der Waals surface area contributed by atoms with Crippen molar-refractivity contribution in [2.45, 2.75) is 20.0 Å². The van der Waals surface area contributed by atoms with Gasteiger partial charge in [0.1, 0.15) is 10.8 Å². The van der Waals surface area contributed by atoms with E-state index in [0.717, 1.165) is 12.1 Å². The van der Waals surface area contributed by atoms with Gasteiger partial charge >= 0.3 is 5.97 Å². The van der Waals surface area contributed by atoms with Crippen LogP contribution in [0.3, 0.4) is 0 Å². The highest BCUT2D eigenvalue weighted by molar-refractivity contribution is 6.31. The molecule has 0 spiro atoms. The fraction of sp³-hybridized carbons (Fsp3) is 0.300. The van der Waals surface area contributed by atoms with Crippen LogP contribution in [0.2, 0.25) is 5.02 Å². The quantitative estimate of drug-likeness (QED) is 0.580. The molecule has 0 saturated carbocycles. The van der Waals surface area contributed by atoms with Crippen LogP contribution in [0.5, 0.6) is 0 Å². The number of carbonyl (C=O) groups is 1. The lowest BCUT2D eigenvalue weighted by atomic mass is 10.2. The molecule has 0 aliphatic rings. The van der Waals surface area contributed by atoms with E-state index in [1.54, 1.807) is 13.8 Å². The van der Waals surface area contributed by atoms with Crippen LogP contribution < -0.4 is 0 Å². The Labute approximate surface area is 90.8 Å². The van der Waals surface area contributed by atoms with Crippen LogP contribution in [0.15, 0.2) is 12.1 Å². The molecule has 0 N–H and O–H groups in total. The van der Waals surface area contributed by atoms with Crippen LogP contribution in [0, 0.1) is 11.6 Å². The zero-order valence-electron chi connectivity index (χ0n) is 8.18. The summed E-state index contributed by atoms with van der Waals surface area (Å²) in [5.74, 6) is -2.86. The lowest BCUT2D eigenvalue weighted by Crippen LogP contribution is -2.13. The molecule has 0 unspecified atom stereocenters. The molecule has 1 aromatic carbocycles. The maximum Gasteiger partial charge on any atom is 0.341 e. The third kappa shape index (κ3) is 2.65. The monoisotopic (exact) mass is 234 g/mol. The van der Waals surface area contributed by atoms with Crippen LogP contribution >= 0.6 is 11.6 Å². The lowest BCUT2D eigenvalue weighted by molar-refractivity contribution is 0.0372. The molecule has 0 bridgehead atoms. The van der Waals surface area contributed by atoms with Crippen LogP contribution in [-0.2, 0) is 4.74 Å². The van der Waals surface area contributed by atoms with E-state index in [-0.39, 0.29) is 11.7 Å². The van der Waals surface area contributed by atoms with Crippen molar-refractivity contribution >= 4 is 17.6 Å². The van der Waals surface area contributed by atoms with Crippen molar-refractivity contribution in [3.05, 3.63) is 34.4 Å². The first kappa shape index (κ1) is 11.9. The van der Waals surface area contributed by atoms with E-state index in [0.29, 0.717) is 0 Å². The van der Waals surface area contributed by atoms with Gasteiger partial charge in [-0.25, -0.2) is 13.6 Å². The van der Waals surface area contributed by atoms with E-state index < -0.39 is 22.6 Å². The van der Waals surface area contributed by atoms with Crippen molar-refractivity contribution in [3.63, 3.8) is 0 Å². The summed E-state index contributed by atoms with van der Waals surface area (Å²) >= 11 is 5.31. The standard InChI is InChI=1S/C10H9ClF2O2/c1-5(2)15-10(14)6-3-4-7(12)8(11)9(6)13/h3-5H,1-2H3. The van der Waals surface area contributed by atoms with E-state index in [1.165, 1.54) is 0 Å². The summed E-state index contributed by atoms with van der Waals surface area (Å²) in [5.41, 5.74) is -0.366. The average molecular weight is 235 g/mol. The van der Waals surface area contributed by atoms with E-state index in [1.807, 2.05) is 0 Å². The van der Waals surface area contributed by atoms with Crippen molar-refractivity contribution < 1.29 is 18.3 Å². The van der Waals surface area contributed by atoms with Gasteiger partial charge in [0, 0.05) is 0 Å². The third-order valence-electron chi connectivity index (χ3n) is 1.60. The van der Waals surface area contributed by atoms with Crippen molar-refractivity contribution in [1.29, 1.82) is 0 Å². The molecule has 0 aliphatic heterocycles. The maximum atomic E-state index is 13.3. The third-order valence-corrected chi connectivity index (χ3v) is 1.94. The molecule has 0 atom stereocenters. The fourth-order valence-corrected chi connectivity index (χ4v) is 1.13.